The van der Waals surface area contributed by atoms with Crippen LogP contribution in [0.5, 0.6) is 0 Å². The van der Waals surface area contributed by atoms with Gasteiger partial charge in [0.25, 0.3) is 0 Å². The highest BCUT2D eigenvalue weighted by molar-refractivity contribution is 5.98. The second-order valence-electron chi connectivity index (χ2n) is 7.12. The normalized spacial score (nSPS) is 17.4. The lowest BCUT2D eigenvalue weighted by atomic mass is 10.1. The first-order valence-corrected chi connectivity index (χ1v) is 9.62. The van der Waals surface area contributed by atoms with E-state index < -0.39 is 11.9 Å². The fourth-order valence-corrected chi connectivity index (χ4v) is 3.44. The number of esters is 1. The summed E-state index contributed by atoms with van der Waals surface area (Å²) in [5, 5.41) is 0. The molecule has 0 saturated carbocycles. The summed E-state index contributed by atoms with van der Waals surface area (Å²) >= 11 is 0. The molecule has 0 radical (unpaired) electrons. The molecule has 1 amide bonds. The van der Waals surface area contributed by atoms with Gasteiger partial charge in [0.15, 0.2) is 12.4 Å². The molecule has 146 valence electrons. The number of carbonyl (C=O) groups excluding carboxylic acids is 3. The zero-order valence-electron chi connectivity index (χ0n) is 16.3. The number of amides is 1. The van der Waals surface area contributed by atoms with Crippen molar-refractivity contribution in [2.75, 3.05) is 13.2 Å². The molecular formula is C23H25NO4. The van der Waals surface area contributed by atoms with Crippen molar-refractivity contribution in [1.29, 1.82) is 0 Å². The number of rotatable bonds is 7. The Hall–Kier alpha value is -2.95. The van der Waals surface area contributed by atoms with Crippen LogP contribution in [0.25, 0.3) is 0 Å². The lowest BCUT2D eigenvalue weighted by molar-refractivity contribution is -0.147. The summed E-state index contributed by atoms with van der Waals surface area (Å²) in [5.41, 5.74) is 2.69. The molecule has 5 nitrogen and oxygen atoms in total. The monoisotopic (exact) mass is 379 g/mol. The van der Waals surface area contributed by atoms with Gasteiger partial charge in [0.2, 0.25) is 5.91 Å². The number of aryl methyl sites for hydroxylation is 1. The second kappa shape index (κ2) is 8.83. The van der Waals surface area contributed by atoms with Crippen molar-refractivity contribution < 1.29 is 19.1 Å². The number of nitrogens with zero attached hydrogens (tertiary/aromatic N) is 1. The molecule has 5 heteroatoms. The molecule has 0 spiro atoms. The highest BCUT2D eigenvalue weighted by Gasteiger charge is 2.38. The molecule has 0 bridgehead atoms. The Morgan fingerprint density at radius 2 is 1.79 bits per heavy atom. The SMILES string of the molecule is CCc1ccc(C(=O)COC(=O)[C@@H]2CC(=O)N([C@@H](C)c3ccccc3)C2)cc1. The first-order chi connectivity index (χ1) is 13.5. The van der Waals surface area contributed by atoms with Gasteiger partial charge in [-0.3, -0.25) is 14.4 Å². The summed E-state index contributed by atoms with van der Waals surface area (Å²) in [5.74, 6) is -1.34. The van der Waals surface area contributed by atoms with Crippen molar-refractivity contribution in [2.24, 2.45) is 5.92 Å². The first kappa shape index (κ1) is 19.8. The van der Waals surface area contributed by atoms with Gasteiger partial charge in [-0.1, -0.05) is 61.5 Å². The van der Waals surface area contributed by atoms with E-state index in [2.05, 4.69) is 0 Å². The number of hydrogen-bond donors (Lipinski definition) is 0. The molecule has 1 heterocycles. The minimum absolute atomic E-state index is 0.0696. The molecule has 0 aromatic heterocycles. The molecule has 2 aromatic rings. The fourth-order valence-electron chi connectivity index (χ4n) is 3.44. The Balaban J connectivity index is 1.55. The molecule has 1 aliphatic rings. The third-order valence-corrected chi connectivity index (χ3v) is 5.27. The molecule has 0 aliphatic carbocycles. The highest BCUT2D eigenvalue weighted by Crippen LogP contribution is 2.29. The van der Waals surface area contributed by atoms with Crippen molar-refractivity contribution in [1.82, 2.24) is 4.90 Å². The second-order valence-corrected chi connectivity index (χ2v) is 7.12. The van der Waals surface area contributed by atoms with E-state index in [1.54, 1.807) is 17.0 Å². The average molecular weight is 379 g/mol. The van der Waals surface area contributed by atoms with Gasteiger partial charge in [-0.05, 0) is 24.5 Å². The summed E-state index contributed by atoms with van der Waals surface area (Å²) in [6.07, 6.45) is 1.02. The van der Waals surface area contributed by atoms with Crippen molar-refractivity contribution in [2.45, 2.75) is 32.7 Å². The Morgan fingerprint density at radius 1 is 1.11 bits per heavy atom. The van der Waals surface area contributed by atoms with Crippen LogP contribution in [0.2, 0.25) is 0 Å². The molecule has 1 saturated heterocycles. The number of hydrogen-bond acceptors (Lipinski definition) is 4. The zero-order chi connectivity index (χ0) is 20.1. The maximum Gasteiger partial charge on any atom is 0.311 e. The van der Waals surface area contributed by atoms with Crippen LogP contribution in [0.15, 0.2) is 54.6 Å². The summed E-state index contributed by atoms with van der Waals surface area (Å²) in [6, 6.07) is 16.9. The maximum atomic E-state index is 12.4. The molecule has 2 aromatic carbocycles. The van der Waals surface area contributed by atoms with Gasteiger partial charge in [-0.25, -0.2) is 0 Å². The standard InChI is InChI=1S/C23H25NO4/c1-3-17-9-11-19(12-10-17)21(25)15-28-23(27)20-13-22(26)24(14-20)16(2)18-7-5-4-6-8-18/h4-12,16,20H,3,13-15H2,1-2H3/t16-,20+/m0/s1. The van der Waals surface area contributed by atoms with E-state index in [4.69, 9.17) is 4.74 Å². The minimum Gasteiger partial charge on any atom is -0.457 e. The van der Waals surface area contributed by atoms with Crippen molar-refractivity contribution in [3.05, 3.63) is 71.3 Å². The first-order valence-electron chi connectivity index (χ1n) is 9.62. The van der Waals surface area contributed by atoms with E-state index in [-0.39, 0.29) is 30.8 Å². The van der Waals surface area contributed by atoms with E-state index in [0.717, 1.165) is 17.5 Å². The van der Waals surface area contributed by atoms with Gasteiger partial charge in [0.1, 0.15) is 0 Å². The number of carbonyl (C=O) groups is 3. The molecule has 0 unspecified atom stereocenters. The van der Waals surface area contributed by atoms with Gasteiger partial charge in [-0.15, -0.1) is 0 Å². The van der Waals surface area contributed by atoms with Crippen LogP contribution < -0.4 is 0 Å². The van der Waals surface area contributed by atoms with E-state index >= 15 is 0 Å². The van der Waals surface area contributed by atoms with Crippen molar-refractivity contribution in [3.8, 4) is 0 Å². The topological polar surface area (TPSA) is 63.7 Å². The highest BCUT2D eigenvalue weighted by atomic mass is 16.5. The summed E-state index contributed by atoms with van der Waals surface area (Å²) < 4.78 is 5.21. The van der Waals surface area contributed by atoms with Crippen LogP contribution in [0.4, 0.5) is 0 Å². The molecule has 2 atom stereocenters. The smallest absolute Gasteiger partial charge is 0.311 e. The van der Waals surface area contributed by atoms with Gasteiger partial charge in [-0.2, -0.15) is 0 Å². The van der Waals surface area contributed by atoms with Crippen LogP contribution in [-0.4, -0.2) is 35.7 Å². The zero-order valence-corrected chi connectivity index (χ0v) is 16.3. The summed E-state index contributed by atoms with van der Waals surface area (Å²) in [6.45, 7) is 4.00. The molecule has 1 aliphatic heterocycles. The van der Waals surface area contributed by atoms with E-state index in [0.29, 0.717) is 12.1 Å². The predicted molar refractivity (Wildman–Crippen MR) is 106 cm³/mol. The average Bonchev–Trinajstić information content (AvgIpc) is 3.13. The Morgan fingerprint density at radius 3 is 2.43 bits per heavy atom. The van der Waals surface area contributed by atoms with Crippen molar-refractivity contribution in [3.63, 3.8) is 0 Å². The summed E-state index contributed by atoms with van der Waals surface area (Å²) in [4.78, 5) is 38.7. The number of ketones is 1. The van der Waals surface area contributed by atoms with Crippen LogP contribution in [-0.2, 0) is 20.7 Å². The van der Waals surface area contributed by atoms with Crippen LogP contribution in [0, 0.1) is 5.92 Å². The third-order valence-electron chi connectivity index (χ3n) is 5.27. The van der Waals surface area contributed by atoms with Crippen LogP contribution in [0.1, 0.15) is 47.8 Å². The number of benzene rings is 2. The predicted octanol–water partition coefficient (Wildman–Crippen LogP) is 3.58. The van der Waals surface area contributed by atoms with E-state index in [1.165, 1.54) is 0 Å². The number of Topliss-reactive ketones (excluding diaryl/α,β-unsaturated/α-hetero) is 1. The van der Waals surface area contributed by atoms with E-state index in [1.807, 2.05) is 56.3 Å². The Kier molecular flexibility index (Phi) is 6.24. The van der Waals surface area contributed by atoms with Gasteiger partial charge in [0, 0.05) is 18.5 Å². The minimum atomic E-state index is -0.533. The lowest BCUT2D eigenvalue weighted by Gasteiger charge is -2.25. The van der Waals surface area contributed by atoms with E-state index in [9.17, 15) is 14.4 Å². The van der Waals surface area contributed by atoms with Crippen molar-refractivity contribution >= 4 is 17.7 Å². The van der Waals surface area contributed by atoms with Gasteiger partial charge >= 0.3 is 5.97 Å². The Bertz CT molecular complexity index is 845. The lowest BCUT2D eigenvalue weighted by Crippen LogP contribution is -2.30. The Labute approximate surface area is 165 Å². The van der Waals surface area contributed by atoms with Gasteiger partial charge in [0.05, 0.1) is 12.0 Å². The molecule has 28 heavy (non-hydrogen) atoms. The maximum absolute atomic E-state index is 12.4. The molecule has 3 rings (SSSR count). The largest absolute Gasteiger partial charge is 0.457 e. The van der Waals surface area contributed by atoms with Crippen LogP contribution >= 0.6 is 0 Å². The number of ether oxygens (including phenoxy) is 1. The van der Waals surface area contributed by atoms with Gasteiger partial charge < -0.3 is 9.64 Å². The molecule has 1 fully saturated rings. The third kappa shape index (κ3) is 4.47. The van der Waals surface area contributed by atoms with Crippen LogP contribution in [0.3, 0.4) is 0 Å². The quantitative estimate of drug-likeness (QED) is 0.545. The fraction of sp³-hybridized carbons (Fsp3) is 0.348. The molecular weight excluding hydrogens is 354 g/mol. The summed E-state index contributed by atoms with van der Waals surface area (Å²) in [7, 11) is 0. The number of likely N-dealkylation sites (tertiary alicyclic amines) is 1. The molecule has 0 N–H and O–H groups in total.